The summed E-state index contributed by atoms with van der Waals surface area (Å²) in [5.74, 6) is -1.50. The van der Waals surface area contributed by atoms with Gasteiger partial charge in [0.25, 0.3) is 0 Å². The van der Waals surface area contributed by atoms with Crippen molar-refractivity contribution in [2.45, 2.75) is 0 Å². The van der Waals surface area contributed by atoms with E-state index in [-0.39, 0.29) is 0 Å². The van der Waals surface area contributed by atoms with Crippen LogP contribution in [0, 0.1) is 0 Å². The number of carbonyl (C=O) groups is 2. The van der Waals surface area contributed by atoms with Crippen molar-refractivity contribution in [3.8, 4) is 11.1 Å². The zero-order valence-electron chi connectivity index (χ0n) is 14.9. The van der Waals surface area contributed by atoms with Crippen LogP contribution < -0.4 is 10.6 Å². The molecule has 2 aromatic carbocycles. The number of aliphatic carboxylic acids is 2. The Morgan fingerprint density at radius 2 is 1.64 bits per heavy atom. The van der Waals surface area contributed by atoms with Crippen molar-refractivity contribution in [3.63, 3.8) is 0 Å². The number of hydrogen-bond acceptors (Lipinski definition) is 5. The number of para-hydroxylation sites is 1. The minimum atomic E-state index is -1.26. The van der Waals surface area contributed by atoms with E-state index < -0.39 is 11.9 Å². The van der Waals surface area contributed by atoms with Gasteiger partial charge in [0.15, 0.2) is 0 Å². The summed E-state index contributed by atoms with van der Waals surface area (Å²) in [5.41, 5.74) is 3.22. The van der Waals surface area contributed by atoms with Gasteiger partial charge in [0.1, 0.15) is 5.84 Å². The fraction of sp³-hybridized carbons (Fsp3) is 0.150. The Morgan fingerprint density at radius 3 is 2.21 bits per heavy atom. The highest BCUT2D eigenvalue weighted by molar-refractivity contribution is 6.33. The topological polar surface area (TPSA) is 111 Å². The molecule has 0 unspecified atom stereocenters. The molecule has 0 atom stereocenters. The molecule has 7 nitrogen and oxygen atoms in total. The fourth-order valence-electron chi connectivity index (χ4n) is 2.44. The summed E-state index contributed by atoms with van der Waals surface area (Å²) in [5, 5.41) is 23.1. The number of aliphatic imine (C=N–C) groups is 1. The highest BCUT2D eigenvalue weighted by atomic mass is 35.5. The van der Waals surface area contributed by atoms with Crippen LogP contribution in [0.1, 0.15) is 0 Å². The molecule has 4 N–H and O–H groups in total. The van der Waals surface area contributed by atoms with Gasteiger partial charge in [-0.25, -0.2) is 9.59 Å². The molecule has 8 heteroatoms. The Balaban J connectivity index is 0.000000300. The Bertz CT molecular complexity index is 881. The second-order valence-electron chi connectivity index (χ2n) is 5.64. The number of carboxylic acid groups (broad SMARTS) is 2. The zero-order valence-corrected chi connectivity index (χ0v) is 15.7. The number of nitrogens with zero attached hydrogens (tertiary/aromatic N) is 1. The first-order chi connectivity index (χ1) is 13.5. The Labute approximate surface area is 167 Å². The number of benzene rings is 2. The van der Waals surface area contributed by atoms with E-state index in [0.717, 1.165) is 40.8 Å². The monoisotopic (exact) mass is 401 g/mol. The first kappa shape index (κ1) is 21.0. The maximum absolute atomic E-state index is 9.55. The Kier molecular flexibility index (Phi) is 8.05. The number of carboxylic acids is 2. The average molecular weight is 402 g/mol. The smallest absolute Gasteiger partial charge is 0.328 e. The Morgan fingerprint density at radius 1 is 1.04 bits per heavy atom. The molecule has 0 saturated heterocycles. The number of anilines is 1. The van der Waals surface area contributed by atoms with E-state index in [1.807, 2.05) is 36.4 Å². The molecule has 0 aliphatic carbocycles. The molecule has 0 fully saturated rings. The maximum atomic E-state index is 9.55. The lowest BCUT2D eigenvalue weighted by atomic mass is 10.0. The van der Waals surface area contributed by atoms with Crippen LogP contribution in [0.5, 0.6) is 0 Å². The van der Waals surface area contributed by atoms with Crippen LogP contribution in [-0.2, 0) is 9.59 Å². The molecule has 28 heavy (non-hydrogen) atoms. The lowest BCUT2D eigenvalue weighted by Gasteiger charge is -2.13. The van der Waals surface area contributed by atoms with Gasteiger partial charge in [-0.05, 0) is 12.1 Å². The number of nitrogens with one attached hydrogen (secondary N) is 2. The maximum Gasteiger partial charge on any atom is 0.328 e. The first-order valence-electron chi connectivity index (χ1n) is 8.46. The van der Waals surface area contributed by atoms with Gasteiger partial charge in [0.2, 0.25) is 0 Å². The lowest BCUT2D eigenvalue weighted by molar-refractivity contribution is -0.134. The van der Waals surface area contributed by atoms with Gasteiger partial charge in [0.05, 0.1) is 13.1 Å². The minimum Gasteiger partial charge on any atom is -0.478 e. The quantitative estimate of drug-likeness (QED) is 0.553. The number of rotatable bonds is 6. The Hall–Kier alpha value is -3.32. The summed E-state index contributed by atoms with van der Waals surface area (Å²) in [7, 11) is 0. The lowest BCUT2D eigenvalue weighted by Crippen LogP contribution is -2.26. The standard InChI is InChI=1S/C16H16ClN3.C4H4O4/c17-14-7-3-1-5-12(14)13-6-2-4-8-15(13)20-11-16-18-9-10-19-16;5-3(6)1-2-4(7)8/h1-8,20H,9-11H2,(H,18,19);1-2H,(H,5,6)(H,7,8)/b;2-1+. The average Bonchev–Trinajstić information content (AvgIpc) is 3.20. The summed E-state index contributed by atoms with van der Waals surface area (Å²) in [6, 6.07) is 16.1. The molecule has 3 rings (SSSR count). The van der Waals surface area contributed by atoms with E-state index in [1.54, 1.807) is 0 Å². The first-order valence-corrected chi connectivity index (χ1v) is 8.84. The third kappa shape index (κ3) is 6.77. The molecule has 0 bridgehead atoms. The van der Waals surface area contributed by atoms with E-state index in [2.05, 4.69) is 27.8 Å². The fourth-order valence-corrected chi connectivity index (χ4v) is 2.68. The summed E-state index contributed by atoms with van der Waals surface area (Å²) < 4.78 is 0. The van der Waals surface area contributed by atoms with Gasteiger partial charge in [-0.2, -0.15) is 0 Å². The highest BCUT2D eigenvalue weighted by Crippen LogP contribution is 2.32. The highest BCUT2D eigenvalue weighted by Gasteiger charge is 2.09. The van der Waals surface area contributed by atoms with Gasteiger partial charge in [-0.15, -0.1) is 0 Å². The van der Waals surface area contributed by atoms with Crippen molar-refractivity contribution in [3.05, 3.63) is 65.7 Å². The molecular weight excluding hydrogens is 382 g/mol. The second-order valence-corrected chi connectivity index (χ2v) is 6.05. The third-order valence-corrected chi connectivity index (χ3v) is 3.98. The zero-order chi connectivity index (χ0) is 20.4. The van der Waals surface area contributed by atoms with E-state index >= 15 is 0 Å². The van der Waals surface area contributed by atoms with E-state index in [9.17, 15) is 9.59 Å². The van der Waals surface area contributed by atoms with Crippen LogP contribution in [0.3, 0.4) is 0 Å². The van der Waals surface area contributed by atoms with Gasteiger partial charge >= 0.3 is 11.9 Å². The molecule has 1 heterocycles. The van der Waals surface area contributed by atoms with Crippen LogP contribution in [-0.4, -0.2) is 47.6 Å². The van der Waals surface area contributed by atoms with Gasteiger partial charge in [0, 0.05) is 40.5 Å². The molecule has 0 radical (unpaired) electrons. The van der Waals surface area contributed by atoms with Crippen molar-refractivity contribution in [1.29, 1.82) is 0 Å². The van der Waals surface area contributed by atoms with Crippen molar-refractivity contribution < 1.29 is 19.8 Å². The number of halogens is 1. The van der Waals surface area contributed by atoms with Crippen LogP contribution in [0.15, 0.2) is 65.7 Å². The van der Waals surface area contributed by atoms with Crippen LogP contribution in [0.2, 0.25) is 5.02 Å². The molecule has 0 spiro atoms. The van der Waals surface area contributed by atoms with Crippen molar-refractivity contribution in [2.24, 2.45) is 4.99 Å². The molecular formula is C20H20ClN3O4. The minimum absolute atomic E-state index is 0.558. The summed E-state index contributed by atoms with van der Waals surface area (Å²) in [6.07, 6.45) is 1.12. The third-order valence-electron chi connectivity index (χ3n) is 3.65. The van der Waals surface area contributed by atoms with E-state index in [4.69, 9.17) is 21.8 Å². The molecule has 0 amide bonds. The van der Waals surface area contributed by atoms with Crippen molar-refractivity contribution in [2.75, 3.05) is 25.0 Å². The number of hydrogen-bond donors (Lipinski definition) is 4. The molecule has 1 aliphatic rings. The van der Waals surface area contributed by atoms with Gasteiger partial charge < -0.3 is 20.8 Å². The molecule has 2 aromatic rings. The second kappa shape index (κ2) is 10.7. The van der Waals surface area contributed by atoms with Crippen LogP contribution >= 0.6 is 11.6 Å². The van der Waals surface area contributed by atoms with E-state index in [1.165, 1.54) is 0 Å². The predicted octanol–water partition coefficient (Wildman–Crippen LogP) is 3.13. The molecule has 146 valence electrons. The number of amidine groups is 1. The largest absolute Gasteiger partial charge is 0.478 e. The van der Waals surface area contributed by atoms with E-state index in [0.29, 0.717) is 18.7 Å². The molecule has 0 saturated carbocycles. The summed E-state index contributed by atoms with van der Waals surface area (Å²) in [4.78, 5) is 23.5. The molecule has 1 aliphatic heterocycles. The summed E-state index contributed by atoms with van der Waals surface area (Å²) in [6.45, 7) is 2.51. The van der Waals surface area contributed by atoms with Crippen LogP contribution in [0.4, 0.5) is 5.69 Å². The SMILES string of the molecule is Clc1ccccc1-c1ccccc1NCC1=NCCN1.O=C(O)/C=C/C(=O)O. The van der Waals surface area contributed by atoms with Gasteiger partial charge in [-0.1, -0.05) is 48.0 Å². The van der Waals surface area contributed by atoms with Gasteiger partial charge in [-0.3, -0.25) is 4.99 Å². The molecule has 0 aromatic heterocycles. The van der Waals surface area contributed by atoms with Crippen molar-refractivity contribution >= 4 is 35.1 Å². The summed E-state index contributed by atoms with van der Waals surface area (Å²) >= 11 is 6.29. The van der Waals surface area contributed by atoms with Crippen LogP contribution in [0.25, 0.3) is 11.1 Å². The predicted molar refractivity (Wildman–Crippen MR) is 110 cm³/mol. The normalized spacial score (nSPS) is 12.5. The van der Waals surface area contributed by atoms with Crippen molar-refractivity contribution in [1.82, 2.24) is 5.32 Å².